The lowest BCUT2D eigenvalue weighted by atomic mass is 10.00. The number of carbonyl (C=O) groups excluding carboxylic acids is 1. The minimum Gasteiger partial charge on any atom is -0.325 e. The van der Waals surface area contributed by atoms with Gasteiger partial charge in [0, 0.05) is 16.3 Å². The summed E-state index contributed by atoms with van der Waals surface area (Å²) in [5.74, 6) is -0.612. The first-order valence-corrected chi connectivity index (χ1v) is 7.94. The third-order valence-corrected chi connectivity index (χ3v) is 5.00. The van der Waals surface area contributed by atoms with E-state index in [2.05, 4.69) is 5.32 Å². The van der Waals surface area contributed by atoms with E-state index in [-0.39, 0.29) is 23.5 Å². The van der Waals surface area contributed by atoms with Crippen molar-refractivity contribution >= 4 is 23.4 Å². The van der Waals surface area contributed by atoms with Gasteiger partial charge in [0.05, 0.1) is 5.92 Å². The van der Waals surface area contributed by atoms with Gasteiger partial charge in [0.15, 0.2) is 0 Å². The van der Waals surface area contributed by atoms with E-state index in [1.165, 1.54) is 30.0 Å². The van der Waals surface area contributed by atoms with Crippen LogP contribution in [0, 0.1) is 25.5 Å². The Morgan fingerprint density at radius 1 is 1.18 bits per heavy atom. The summed E-state index contributed by atoms with van der Waals surface area (Å²) in [5.41, 5.74) is 2.67. The van der Waals surface area contributed by atoms with E-state index >= 15 is 0 Å². The van der Waals surface area contributed by atoms with Crippen LogP contribution in [-0.4, -0.2) is 11.7 Å². The molecule has 114 valence electrons. The molecule has 5 heteroatoms. The average Bonchev–Trinajstić information content (AvgIpc) is 2.87. The molecule has 0 aromatic heterocycles. The average molecular weight is 319 g/mol. The SMILES string of the molecule is Cc1cc(C)c(NC(=O)C2CSc3cc(F)ccc32)cc1F. The van der Waals surface area contributed by atoms with Gasteiger partial charge in [-0.1, -0.05) is 12.1 Å². The van der Waals surface area contributed by atoms with Gasteiger partial charge >= 0.3 is 0 Å². The molecule has 0 radical (unpaired) electrons. The minimum absolute atomic E-state index is 0.191. The second-order valence-corrected chi connectivity index (χ2v) is 6.51. The molecule has 0 spiro atoms. The van der Waals surface area contributed by atoms with Crippen molar-refractivity contribution in [1.29, 1.82) is 0 Å². The minimum atomic E-state index is -0.343. The van der Waals surface area contributed by atoms with Gasteiger partial charge in [0.2, 0.25) is 5.91 Å². The van der Waals surface area contributed by atoms with Crippen LogP contribution in [0.25, 0.3) is 0 Å². The highest BCUT2D eigenvalue weighted by Gasteiger charge is 2.29. The fraction of sp³-hybridized carbons (Fsp3) is 0.235. The van der Waals surface area contributed by atoms with Crippen molar-refractivity contribution in [2.24, 2.45) is 0 Å². The molecule has 2 nitrogen and oxygen atoms in total. The van der Waals surface area contributed by atoms with Gasteiger partial charge in [-0.2, -0.15) is 0 Å². The monoisotopic (exact) mass is 319 g/mol. The Morgan fingerprint density at radius 3 is 2.73 bits per heavy atom. The van der Waals surface area contributed by atoms with Gasteiger partial charge in [-0.15, -0.1) is 11.8 Å². The lowest BCUT2D eigenvalue weighted by Gasteiger charge is -2.14. The molecular formula is C17H15F2NOS. The van der Waals surface area contributed by atoms with Gasteiger partial charge in [-0.05, 0) is 48.7 Å². The summed E-state index contributed by atoms with van der Waals surface area (Å²) in [6.07, 6.45) is 0. The summed E-state index contributed by atoms with van der Waals surface area (Å²) < 4.78 is 26.9. The van der Waals surface area contributed by atoms with E-state index in [1.807, 2.05) is 6.92 Å². The first-order valence-electron chi connectivity index (χ1n) is 6.95. The van der Waals surface area contributed by atoms with Gasteiger partial charge in [0.1, 0.15) is 11.6 Å². The molecule has 1 aliphatic heterocycles. The zero-order valence-electron chi connectivity index (χ0n) is 12.2. The highest BCUT2D eigenvalue weighted by Crippen LogP contribution is 2.40. The summed E-state index contributed by atoms with van der Waals surface area (Å²) >= 11 is 1.46. The maximum absolute atomic E-state index is 13.7. The quantitative estimate of drug-likeness (QED) is 0.888. The number of rotatable bonds is 2. The predicted molar refractivity (Wildman–Crippen MR) is 84.4 cm³/mol. The zero-order valence-corrected chi connectivity index (χ0v) is 13.1. The normalized spacial score (nSPS) is 16.5. The molecule has 0 fully saturated rings. The molecule has 1 unspecified atom stereocenters. The van der Waals surface area contributed by atoms with Crippen LogP contribution in [0.3, 0.4) is 0 Å². The molecule has 22 heavy (non-hydrogen) atoms. The second kappa shape index (κ2) is 5.72. The predicted octanol–water partition coefficient (Wildman–Crippen LogP) is 4.41. The Bertz CT molecular complexity index is 761. The van der Waals surface area contributed by atoms with Crippen LogP contribution in [0.1, 0.15) is 22.6 Å². The molecule has 2 aromatic rings. The van der Waals surface area contributed by atoms with Crippen molar-refractivity contribution < 1.29 is 13.6 Å². The zero-order chi connectivity index (χ0) is 15.9. The molecule has 0 saturated heterocycles. The first-order chi connectivity index (χ1) is 10.5. The van der Waals surface area contributed by atoms with E-state index in [1.54, 1.807) is 19.1 Å². The van der Waals surface area contributed by atoms with E-state index < -0.39 is 0 Å². The fourth-order valence-corrected chi connectivity index (χ4v) is 3.83. The molecule has 3 rings (SSSR count). The van der Waals surface area contributed by atoms with E-state index in [4.69, 9.17) is 0 Å². The number of hydrogen-bond acceptors (Lipinski definition) is 2. The Kier molecular flexibility index (Phi) is 3.91. The van der Waals surface area contributed by atoms with Crippen molar-refractivity contribution in [3.8, 4) is 0 Å². The van der Waals surface area contributed by atoms with Crippen LogP contribution >= 0.6 is 11.8 Å². The number of aryl methyl sites for hydroxylation is 2. The van der Waals surface area contributed by atoms with Gasteiger partial charge in [-0.3, -0.25) is 4.79 Å². The summed E-state index contributed by atoms with van der Waals surface area (Å²) in [6.45, 7) is 3.51. The van der Waals surface area contributed by atoms with Crippen molar-refractivity contribution in [3.63, 3.8) is 0 Å². The van der Waals surface area contributed by atoms with E-state index in [9.17, 15) is 13.6 Å². The van der Waals surface area contributed by atoms with Gasteiger partial charge in [0.25, 0.3) is 0 Å². The van der Waals surface area contributed by atoms with Crippen LogP contribution in [0.5, 0.6) is 0 Å². The van der Waals surface area contributed by atoms with Crippen molar-refractivity contribution in [2.75, 3.05) is 11.1 Å². The molecule has 1 amide bonds. The number of nitrogens with one attached hydrogen (secondary N) is 1. The second-order valence-electron chi connectivity index (χ2n) is 5.45. The van der Waals surface area contributed by atoms with E-state index in [0.29, 0.717) is 17.0 Å². The maximum atomic E-state index is 13.7. The Morgan fingerprint density at radius 2 is 1.95 bits per heavy atom. The Balaban J connectivity index is 1.84. The van der Waals surface area contributed by atoms with Crippen LogP contribution < -0.4 is 5.32 Å². The highest BCUT2D eigenvalue weighted by molar-refractivity contribution is 7.99. The lowest BCUT2D eigenvalue weighted by molar-refractivity contribution is -0.117. The number of benzene rings is 2. The highest BCUT2D eigenvalue weighted by atomic mass is 32.2. The Labute approximate surface area is 131 Å². The number of hydrogen-bond donors (Lipinski definition) is 1. The lowest BCUT2D eigenvalue weighted by Crippen LogP contribution is -2.21. The largest absolute Gasteiger partial charge is 0.325 e. The molecular weight excluding hydrogens is 304 g/mol. The topological polar surface area (TPSA) is 29.1 Å². The first kappa shape index (κ1) is 15.0. The van der Waals surface area contributed by atoms with Crippen molar-refractivity contribution in [2.45, 2.75) is 24.7 Å². The van der Waals surface area contributed by atoms with E-state index in [0.717, 1.165) is 16.0 Å². The van der Waals surface area contributed by atoms with Crippen molar-refractivity contribution in [1.82, 2.24) is 0 Å². The molecule has 0 aliphatic carbocycles. The van der Waals surface area contributed by atoms with Crippen molar-refractivity contribution in [3.05, 3.63) is 58.7 Å². The number of thioether (sulfide) groups is 1. The summed E-state index contributed by atoms with van der Waals surface area (Å²) in [4.78, 5) is 13.3. The molecule has 0 bridgehead atoms. The molecule has 1 N–H and O–H groups in total. The number of anilines is 1. The number of halogens is 2. The molecule has 1 aliphatic rings. The number of fused-ring (bicyclic) bond motifs is 1. The third kappa shape index (κ3) is 2.73. The summed E-state index contributed by atoms with van der Waals surface area (Å²) in [5, 5.41) is 2.79. The summed E-state index contributed by atoms with van der Waals surface area (Å²) in [6, 6.07) is 7.51. The summed E-state index contributed by atoms with van der Waals surface area (Å²) in [7, 11) is 0. The number of amides is 1. The van der Waals surface area contributed by atoms with Crippen LogP contribution in [-0.2, 0) is 4.79 Å². The molecule has 0 saturated carbocycles. The standard InChI is InChI=1S/C17H15F2NOS/c1-9-5-10(2)15(7-14(9)19)20-17(21)13-8-22-16-6-11(18)3-4-12(13)16/h3-7,13H,8H2,1-2H3,(H,20,21). The fourth-order valence-electron chi connectivity index (χ4n) is 2.58. The van der Waals surface area contributed by atoms with Gasteiger partial charge in [-0.25, -0.2) is 8.78 Å². The van der Waals surface area contributed by atoms with Crippen LogP contribution in [0.4, 0.5) is 14.5 Å². The molecule has 1 heterocycles. The molecule has 2 aromatic carbocycles. The maximum Gasteiger partial charge on any atom is 0.232 e. The third-order valence-electron chi connectivity index (χ3n) is 3.84. The number of carbonyl (C=O) groups is 1. The molecule has 1 atom stereocenters. The van der Waals surface area contributed by atoms with Crippen LogP contribution in [0.2, 0.25) is 0 Å². The van der Waals surface area contributed by atoms with Crippen LogP contribution in [0.15, 0.2) is 35.2 Å². The smallest absolute Gasteiger partial charge is 0.232 e. The van der Waals surface area contributed by atoms with Gasteiger partial charge < -0.3 is 5.32 Å². The Hall–Kier alpha value is -1.88.